The van der Waals surface area contributed by atoms with E-state index in [-0.39, 0.29) is 24.9 Å². The maximum atomic E-state index is 12.3. The summed E-state index contributed by atoms with van der Waals surface area (Å²) in [6, 6.07) is 15.0. The Morgan fingerprint density at radius 1 is 1.03 bits per heavy atom. The van der Waals surface area contributed by atoms with Crippen molar-refractivity contribution in [3.05, 3.63) is 71.8 Å². The standard InChI is InChI=1S/C25H28N2O5/c1-2-9-23(28)26-15-8-7-14-22(24(29)30)27-25(31)32-16-21-19-12-5-3-10-17(19)18-11-4-6-13-20(18)21/h2-6,9-13,21-22H,7-8,14-16H2,1H3,(H,26,28)(H,27,31)(H,29,30)/t22-/m0/s1. The molecule has 0 fully saturated rings. The molecule has 0 aliphatic heterocycles. The number of allylic oxidation sites excluding steroid dienone is 1. The summed E-state index contributed by atoms with van der Waals surface area (Å²) in [6.45, 7) is 2.33. The molecule has 0 aromatic heterocycles. The number of hydrogen-bond donors (Lipinski definition) is 3. The van der Waals surface area contributed by atoms with E-state index >= 15 is 0 Å². The van der Waals surface area contributed by atoms with Gasteiger partial charge in [0.05, 0.1) is 0 Å². The Morgan fingerprint density at radius 3 is 2.25 bits per heavy atom. The van der Waals surface area contributed by atoms with Crippen molar-refractivity contribution in [1.29, 1.82) is 0 Å². The van der Waals surface area contributed by atoms with Gasteiger partial charge in [-0.2, -0.15) is 0 Å². The van der Waals surface area contributed by atoms with Crippen LogP contribution in [0.4, 0.5) is 4.79 Å². The number of nitrogens with one attached hydrogen (secondary N) is 2. The summed E-state index contributed by atoms with van der Waals surface area (Å²) in [7, 11) is 0. The quantitative estimate of drug-likeness (QED) is 0.388. The molecule has 0 saturated carbocycles. The number of carbonyl (C=O) groups excluding carboxylic acids is 2. The van der Waals surface area contributed by atoms with Gasteiger partial charge in [-0.15, -0.1) is 0 Å². The lowest BCUT2D eigenvalue weighted by Crippen LogP contribution is -2.41. The number of hydrogen-bond acceptors (Lipinski definition) is 4. The third kappa shape index (κ3) is 5.75. The van der Waals surface area contributed by atoms with Crippen molar-refractivity contribution in [3.8, 4) is 11.1 Å². The number of benzene rings is 2. The van der Waals surface area contributed by atoms with Crippen molar-refractivity contribution in [2.24, 2.45) is 0 Å². The molecule has 0 unspecified atom stereocenters. The van der Waals surface area contributed by atoms with Gasteiger partial charge in [0.2, 0.25) is 5.91 Å². The number of ether oxygens (including phenoxy) is 1. The first-order chi connectivity index (χ1) is 15.5. The summed E-state index contributed by atoms with van der Waals surface area (Å²) in [4.78, 5) is 35.2. The third-order valence-corrected chi connectivity index (χ3v) is 5.47. The first-order valence-corrected chi connectivity index (χ1v) is 10.8. The summed E-state index contributed by atoms with van der Waals surface area (Å²) in [5.74, 6) is -1.38. The predicted octanol–water partition coefficient (Wildman–Crippen LogP) is 3.84. The summed E-state index contributed by atoms with van der Waals surface area (Å²) in [6.07, 6.45) is 3.72. The molecule has 2 aromatic rings. The monoisotopic (exact) mass is 436 g/mol. The Labute approximate surface area is 187 Å². The molecule has 1 aliphatic rings. The highest BCUT2D eigenvalue weighted by molar-refractivity contribution is 5.87. The second kappa shape index (κ2) is 11.1. The van der Waals surface area contributed by atoms with Crippen molar-refractivity contribution in [2.45, 2.75) is 38.1 Å². The normalized spacial score (nSPS) is 13.3. The molecule has 0 spiro atoms. The molecular formula is C25H28N2O5. The first kappa shape index (κ1) is 23.1. The zero-order valence-electron chi connectivity index (χ0n) is 18.0. The second-order valence-corrected chi connectivity index (χ2v) is 7.65. The van der Waals surface area contributed by atoms with E-state index in [4.69, 9.17) is 4.74 Å². The molecule has 3 N–H and O–H groups in total. The fourth-order valence-electron chi connectivity index (χ4n) is 3.94. The Bertz CT molecular complexity index is 956. The van der Waals surface area contributed by atoms with E-state index < -0.39 is 18.1 Å². The van der Waals surface area contributed by atoms with Crippen LogP contribution in [-0.4, -0.2) is 42.3 Å². The van der Waals surface area contributed by atoms with E-state index in [1.165, 1.54) is 6.08 Å². The van der Waals surface area contributed by atoms with Gasteiger partial charge in [0, 0.05) is 12.5 Å². The van der Waals surface area contributed by atoms with E-state index in [1.54, 1.807) is 13.0 Å². The highest BCUT2D eigenvalue weighted by atomic mass is 16.5. The van der Waals surface area contributed by atoms with E-state index in [0.29, 0.717) is 19.4 Å². The molecule has 1 aliphatic carbocycles. The number of fused-ring (bicyclic) bond motifs is 3. The summed E-state index contributed by atoms with van der Waals surface area (Å²) in [5, 5.41) is 14.6. The minimum Gasteiger partial charge on any atom is -0.480 e. The third-order valence-electron chi connectivity index (χ3n) is 5.47. The molecule has 168 valence electrons. The average Bonchev–Trinajstić information content (AvgIpc) is 3.10. The van der Waals surface area contributed by atoms with Crippen molar-refractivity contribution >= 4 is 18.0 Å². The zero-order chi connectivity index (χ0) is 22.9. The molecule has 1 atom stereocenters. The summed E-state index contributed by atoms with van der Waals surface area (Å²) >= 11 is 0. The Hall–Kier alpha value is -3.61. The van der Waals surface area contributed by atoms with Crippen LogP contribution in [0.25, 0.3) is 11.1 Å². The topological polar surface area (TPSA) is 105 Å². The highest BCUT2D eigenvalue weighted by Crippen LogP contribution is 2.44. The van der Waals surface area contributed by atoms with E-state index in [9.17, 15) is 19.5 Å². The van der Waals surface area contributed by atoms with Gasteiger partial charge < -0.3 is 20.5 Å². The van der Waals surface area contributed by atoms with Gasteiger partial charge >= 0.3 is 12.1 Å². The minimum atomic E-state index is -1.11. The number of carbonyl (C=O) groups is 3. The number of alkyl carbamates (subject to hydrolysis) is 1. The van der Waals surface area contributed by atoms with Gasteiger partial charge in [-0.1, -0.05) is 54.6 Å². The Kier molecular flexibility index (Phi) is 8.02. The maximum Gasteiger partial charge on any atom is 0.407 e. The summed E-state index contributed by atoms with van der Waals surface area (Å²) < 4.78 is 5.43. The average molecular weight is 437 g/mol. The number of aliphatic carboxylic acids is 1. The fourth-order valence-corrected chi connectivity index (χ4v) is 3.94. The first-order valence-electron chi connectivity index (χ1n) is 10.8. The molecule has 0 saturated heterocycles. The molecule has 3 rings (SSSR count). The molecular weight excluding hydrogens is 408 g/mol. The zero-order valence-corrected chi connectivity index (χ0v) is 18.0. The van der Waals surface area contributed by atoms with E-state index in [2.05, 4.69) is 22.8 Å². The highest BCUT2D eigenvalue weighted by Gasteiger charge is 2.29. The van der Waals surface area contributed by atoms with Gasteiger partial charge in [0.15, 0.2) is 0 Å². The number of amides is 2. The molecule has 7 heteroatoms. The van der Waals surface area contributed by atoms with Gasteiger partial charge in [-0.05, 0) is 54.5 Å². The van der Waals surface area contributed by atoms with E-state index in [0.717, 1.165) is 22.3 Å². The molecule has 2 amide bonds. The molecule has 2 aromatic carbocycles. The molecule has 32 heavy (non-hydrogen) atoms. The van der Waals surface area contributed by atoms with Crippen LogP contribution in [0.5, 0.6) is 0 Å². The lowest BCUT2D eigenvalue weighted by atomic mass is 9.98. The Morgan fingerprint density at radius 2 is 1.66 bits per heavy atom. The van der Waals surface area contributed by atoms with Gasteiger partial charge in [0.25, 0.3) is 0 Å². The van der Waals surface area contributed by atoms with Crippen molar-refractivity contribution in [1.82, 2.24) is 10.6 Å². The van der Waals surface area contributed by atoms with Crippen molar-refractivity contribution < 1.29 is 24.2 Å². The van der Waals surface area contributed by atoms with Crippen LogP contribution in [0.15, 0.2) is 60.7 Å². The van der Waals surface area contributed by atoms with Crippen molar-refractivity contribution in [2.75, 3.05) is 13.2 Å². The lowest BCUT2D eigenvalue weighted by Gasteiger charge is -2.17. The molecule has 0 heterocycles. The number of carboxylic acid groups (broad SMARTS) is 1. The van der Waals surface area contributed by atoms with Crippen LogP contribution in [0, 0.1) is 0 Å². The molecule has 0 radical (unpaired) electrons. The fraction of sp³-hybridized carbons (Fsp3) is 0.320. The number of rotatable bonds is 10. The largest absolute Gasteiger partial charge is 0.480 e. The van der Waals surface area contributed by atoms with Crippen LogP contribution < -0.4 is 10.6 Å². The lowest BCUT2D eigenvalue weighted by molar-refractivity contribution is -0.139. The van der Waals surface area contributed by atoms with Crippen LogP contribution in [0.3, 0.4) is 0 Å². The molecule has 0 bridgehead atoms. The van der Waals surface area contributed by atoms with Gasteiger partial charge in [-0.3, -0.25) is 4.79 Å². The Balaban J connectivity index is 1.50. The van der Waals surface area contributed by atoms with E-state index in [1.807, 2.05) is 36.4 Å². The molecule has 7 nitrogen and oxygen atoms in total. The van der Waals surface area contributed by atoms with Gasteiger partial charge in [-0.25, -0.2) is 9.59 Å². The SMILES string of the molecule is CC=CC(=O)NCCCC[C@H](NC(=O)OCC1c2ccccc2-c2ccccc21)C(=O)O. The maximum absolute atomic E-state index is 12.3. The number of carboxylic acids is 1. The number of unbranched alkanes of at least 4 members (excludes halogenated alkanes) is 1. The van der Waals surface area contributed by atoms with Crippen LogP contribution >= 0.6 is 0 Å². The van der Waals surface area contributed by atoms with Gasteiger partial charge in [0.1, 0.15) is 12.6 Å². The summed E-state index contributed by atoms with van der Waals surface area (Å²) in [5.41, 5.74) is 4.44. The minimum absolute atomic E-state index is 0.0859. The second-order valence-electron chi connectivity index (χ2n) is 7.65. The van der Waals surface area contributed by atoms with Crippen molar-refractivity contribution in [3.63, 3.8) is 0 Å². The van der Waals surface area contributed by atoms with Crippen LogP contribution in [-0.2, 0) is 14.3 Å². The van der Waals surface area contributed by atoms with Crippen LogP contribution in [0.1, 0.15) is 43.2 Å². The smallest absolute Gasteiger partial charge is 0.407 e. The van der Waals surface area contributed by atoms with Crippen LogP contribution in [0.2, 0.25) is 0 Å². The predicted molar refractivity (Wildman–Crippen MR) is 121 cm³/mol.